The fraction of sp³-hybridized carbons (Fsp3) is 0.182. The van der Waals surface area contributed by atoms with Gasteiger partial charge >= 0.3 is 12.1 Å². The first-order valence-corrected chi connectivity index (χ1v) is 9.67. The molecule has 0 saturated carbocycles. The van der Waals surface area contributed by atoms with Gasteiger partial charge in [-0.25, -0.2) is 4.98 Å². The number of alkyl halides is 3. The lowest BCUT2D eigenvalue weighted by Gasteiger charge is -2.10. The summed E-state index contributed by atoms with van der Waals surface area (Å²) in [5.74, 6) is 1.55. The van der Waals surface area contributed by atoms with Crippen LogP contribution in [0.3, 0.4) is 0 Å². The van der Waals surface area contributed by atoms with Crippen molar-refractivity contribution in [2.24, 2.45) is 0 Å². The molecule has 0 aliphatic rings. The standard InChI is InChI=1S/C22H16F3NO3S/c1-2-14(11-20(27)28)15-5-9-19(10-6-15)29-12-18-13-30-21(26-18)16-3-7-17(8-4-16)22(23,24)25/h1,3-10,13-14H,11-12H2,(H,27,28)/t14-/m0/s1. The van der Waals surface area contributed by atoms with Crippen molar-refractivity contribution in [1.82, 2.24) is 4.98 Å². The van der Waals surface area contributed by atoms with Gasteiger partial charge in [0.15, 0.2) is 0 Å². The minimum Gasteiger partial charge on any atom is -0.487 e. The summed E-state index contributed by atoms with van der Waals surface area (Å²) in [5.41, 5.74) is 1.25. The van der Waals surface area contributed by atoms with E-state index in [-0.39, 0.29) is 13.0 Å². The smallest absolute Gasteiger partial charge is 0.416 e. The van der Waals surface area contributed by atoms with Gasteiger partial charge in [-0.2, -0.15) is 13.2 Å². The highest BCUT2D eigenvalue weighted by molar-refractivity contribution is 7.13. The molecule has 1 atom stereocenters. The second-order valence-corrected chi connectivity index (χ2v) is 7.25. The number of benzene rings is 2. The number of nitrogens with zero attached hydrogens (tertiary/aromatic N) is 1. The van der Waals surface area contributed by atoms with Gasteiger partial charge in [-0.05, 0) is 29.8 Å². The van der Waals surface area contributed by atoms with Gasteiger partial charge in [-0.1, -0.05) is 30.2 Å². The van der Waals surface area contributed by atoms with E-state index >= 15 is 0 Å². The van der Waals surface area contributed by atoms with E-state index in [0.717, 1.165) is 12.1 Å². The zero-order valence-electron chi connectivity index (χ0n) is 15.5. The maximum Gasteiger partial charge on any atom is 0.416 e. The van der Waals surface area contributed by atoms with Crippen molar-refractivity contribution < 1.29 is 27.8 Å². The molecule has 0 saturated heterocycles. The number of aromatic nitrogens is 1. The molecule has 3 aromatic rings. The maximum atomic E-state index is 12.7. The number of halogens is 3. The number of carbonyl (C=O) groups is 1. The van der Waals surface area contributed by atoms with Crippen LogP contribution in [0.1, 0.15) is 29.2 Å². The third kappa shape index (κ3) is 5.39. The number of ether oxygens (including phenoxy) is 1. The lowest BCUT2D eigenvalue weighted by Crippen LogP contribution is -2.04. The Kier molecular flexibility index (Phi) is 6.43. The van der Waals surface area contributed by atoms with Crippen LogP contribution >= 0.6 is 11.3 Å². The van der Waals surface area contributed by atoms with Crippen LogP contribution in [-0.4, -0.2) is 16.1 Å². The minimum atomic E-state index is -4.37. The predicted octanol–water partition coefficient (Wildman–Crippen LogP) is 5.60. The molecule has 0 spiro atoms. The van der Waals surface area contributed by atoms with Crippen molar-refractivity contribution in [3.63, 3.8) is 0 Å². The first kappa shape index (κ1) is 21.4. The van der Waals surface area contributed by atoms with Crippen LogP contribution in [-0.2, 0) is 17.6 Å². The summed E-state index contributed by atoms with van der Waals surface area (Å²) in [6, 6.07) is 11.7. The highest BCUT2D eigenvalue weighted by atomic mass is 32.1. The number of carboxylic acids is 1. The average molecular weight is 431 g/mol. The Morgan fingerprint density at radius 1 is 1.17 bits per heavy atom. The van der Waals surface area contributed by atoms with Gasteiger partial charge in [-0.15, -0.1) is 17.8 Å². The van der Waals surface area contributed by atoms with E-state index in [1.807, 2.05) is 0 Å². The molecule has 1 aromatic heterocycles. The topological polar surface area (TPSA) is 59.4 Å². The molecule has 0 fully saturated rings. The highest BCUT2D eigenvalue weighted by Gasteiger charge is 2.30. The van der Waals surface area contributed by atoms with Gasteiger partial charge in [0.2, 0.25) is 0 Å². The monoisotopic (exact) mass is 431 g/mol. The molecular weight excluding hydrogens is 415 g/mol. The van der Waals surface area contributed by atoms with E-state index in [1.165, 1.54) is 23.5 Å². The van der Waals surface area contributed by atoms with Crippen LogP contribution < -0.4 is 4.74 Å². The third-order valence-corrected chi connectivity index (χ3v) is 5.20. The second-order valence-electron chi connectivity index (χ2n) is 6.39. The summed E-state index contributed by atoms with van der Waals surface area (Å²) in [5, 5.41) is 11.3. The molecule has 8 heteroatoms. The van der Waals surface area contributed by atoms with Crippen molar-refractivity contribution in [3.05, 3.63) is 70.7 Å². The lowest BCUT2D eigenvalue weighted by molar-refractivity contribution is -0.138. The van der Waals surface area contributed by atoms with E-state index in [9.17, 15) is 18.0 Å². The summed E-state index contributed by atoms with van der Waals surface area (Å²) in [6.45, 7) is 0.185. The molecule has 154 valence electrons. The summed E-state index contributed by atoms with van der Waals surface area (Å²) in [4.78, 5) is 15.3. The summed E-state index contributed by atoms with van der Waals surface area (Å²) in [6.07, 6.45) is 0.876. The summed E-state index contributed by atoms with van der Waals surface area (Å²) < 4.78 is 43.7. The summed E-state index contributed by atoms with van der Waals surface area (Å²) in [7, 11) is 0. The van der Waals surface area contributed by atoms with Crippen LogP contribution in [0.5, 0.6) is 5.75 Å². The fourth-order valence-corrected chi connectivity index (χ4v) is 3.52. The van der Waals surface area contributed by atoms with Gasteiger partial charge in [0, 0.05) is 10.9 Å². The third-order valence-electron chi connectivity index (χ3n) is 4.26. The van der Waals surface area contributed by atoms with Gasteiger partial charge in [-0.3, -0.25) is 4.79 Å². The first-order valence-electron chi connectivity index (χ1n) is 8.79. The number of rotatable bonds is 7. The highest BCUT2D eigenvalue weighted by Crippen LogP contribution is 2.32. The largest absolute Gasteiger partial charge is 0.487 e. The molecule has 4 nitrogen and oxygen atoms in total. The molecule has 0 amide bonds. The fourth-order valence-electron chi connectivity index (χ4n) is 2.71. The Hall–Kier alpha value is -3.31. The molecule has 1 heterocycles. The van der Waals surface area contributed by atoms with E-state index in [0.29, 0.717) is 27.6 Å². The Morgan fingerprint density at radius 2 is 1.83 bits per heavy atom. The minimum absolute atomic E-state index is 0.151. The molecule has 0 aliphatic carbocycles. The van der Waals surface area contributed by atoms with E-state index < -0.39 is 23.6 Å². The molecule has 30 heavy (non-hydrogen) atoms. The Balaban J connectivity index is 1.61. The molecule has 0 unspecified atom stereocenters. The van der Waals surface area contributed by atoms with Crippen molar-refractivity contribution >= 4 is 17.3 Å². The normalized spacial score (nSPS) is 12.2. The van der Waals surface area contributed by atoms with Gasteiger partial charge in [0.25, 0.3) is 0 Å². The molecule has 0 aliphatic heterocycles. The number of hydrogen-bond donors (Lipinski definition) is 1. The van der Waals surface area contributed by atoms with Gasteiger partial charge in [0.1, 0.15) is 17.4 Å². The van der Waals surface area contributed by atoms with Crippen LogP contribution in [0.4, 0.5) is 13.2 Å². The Morgan fingerprint density at radius 3 is 2.40 bits per heavy atom. The zero-order valence-corrected chi connectivity index (χ0v) is 16.3. The quantitative estimate of drug-likeness (QED) is 0.495. The Labute approximate surface area is 175 Å². The Bertz CT molecular complexity index is 1050. The molecule has 0 radical (unpaired) electrons. The summed E-state index contributed by atoms with van der Waals surface area (Å²) >= 11 is 1.32. The van der Waals surface area contributed by atoms with Crippen molar-refractivity contribution in [1.29, 1.82) is 0 Å². The maximum absolute atomic E-state index is 12.7. The second kappa shape index (κ2) is 9.01. The molecule has 2 aromatic carbocycles. The molecule has 3 rings (SSSR count). The number of carboxylic acid groups (broad SMARTS) is 1. The van der Waals surface area contributed by atoms with E-state index in [1.54, 1.807) is 29.6 Å². The molecule has 1 N–H and O–H groups in total. The van der Waals surface area contributed by atoms with Crippen LogP contribution in [0.2, 0.25) is 0 Å². The molecule has 0 bridgehead atoms. The van der Waals surface area contributed by atoms with Crippen molar-refractivity contribution in [2.45, 2.75) is 25.1 Å². The average Bonchev–Trinajstić information content (AvgIpc) is 3.19. The van der Waals surface area contributed by atoms with Gasteiger partial charge in [0.05, 0.1) is 23.6 Å². The van der Waals surface area contributed by atoms with Crippen LogP contribution in [0.15, 0.2) is 53.9 Å². The molecular formula is C22H16F3NO3S. The predicted molar refractivity (Wildman–Crippen MR) is 107 cm³/mol. The van der Waals surface area contributed by atoms with Gasteiger partial charge < -0.3 is 9.84 Å². The SMILES string of the molecule is C#C[C@@H](CC(=O)O)c1ccc(OCc2csc(-c3ccc(C(F)(F)F)cc3)n2)cc1. The number of thiazole rings is 1. The van der Waals surface area contributed by atoms with Crippen molar-refractivity contribution in [3.8, 4) is 28.7 Å². The van der Waals surface area contributed by atoms with E-state index in [4.69, 9.17) is 16.3 Å². The number of aliphatic carboxylic acids is 1. The van der Waals surface area contributed by atoms with E-state index in [2.05, 4.69) is 10.9 Å². The lowest BCUT2D eigenvalue weighted by atomic mass is 9.97. The van der Waals surface area contributed by atoms with Crippen LogP contribution in [0, 0.1) is 12.3 Å². The van der Waals surface area contributed by atoms with Crippen LogP contribution in [0.25, 0.3) is 10.6 Å². The first-order chi connectivity index (χ1) is 14.3. The number of hydrogen-bond acceptors (Lipinski definition) is 4. The van der Waals surface area contributed by atoms with Crippen molar-refractivity contribution in [2.75, 3.05) is 0 Å². The zero-order chi connectivity index (χ0) is 21.7. The number of terminal acetylenes is 1.